The molecule has 0 bridgehead atoms. The van der Waals surface area contributed by atoms with Crippen molar-refractivity contribution in [1.82, 2.24) is 9.88 Å². The number of nitrogens with one attached hydrogen (secondary N) is 2. The van der Waals surface area contributed by atoms with E-state index in [-0.39, 0.29) is 28.1 Å². The van der Waals surface area contributed by atoms with Gasteiger partial charge in [0.1, 0.15) is 6.54 Å². The molecule has 0 atom stereocenters. The number of carbonyl (C=O) groups excluding carboxylic acids is 4. The molecule has 0 spiro atoms. The second-order valence-corrected chi connectivity index (χ2v) is 7.46. The van der Waals surface area contributed by atoms with Crippen LogP contribution in [0.25, 0.3) is 0 Å². The molecule has 4 rings (SSSR count). The quantitative estimate of drug-likeness (QED) is 0.332. The van der Waals surface area contributed by atoms with Gasteiger partial charge in [-0.05, 0) is 18.2 Å². The van der Waals surface area contributed by atoms with Crippen molar-refractivity contribution in [1.29, 1.82) is 0 Å². The van der Waals surface area contributed by atoms with Crippen molar-refractivity contribution in [2.75, 3.05) is 17.2 Å². The Kier molecular flexibility index (Phi) is 5.43. The molecule has 0 unspecified atom stereocenters. The summed E-state index contributed by atoms with van der Waals surface area (Å²) in [5.41, 5.74) is -0.152. The molecule has 4 amide bonds. The average Bonchev–Trinajstić information content (AvgIpc) is 3.36. The highest BCUT2D eigenvalue weighted by molar-refractivity contribution is 7.13. The van der Waals surface area contributed by atoms with Crippen LogP contribution in [0.3, 0.4) is 0 Å². The smallest absolute Gasteiger partial charge is 0.270 e. The van der Waals surface area contributed by atoms with E-state index in [2.05, 4.69) is 15.6 Å². The lowest BCUT2D eigenvalue weighted by molar-refractivity contribution is -0.384. The Labute approximate surface area is 183 Å². The lowest BCUT2D eigenvalue weighted by atomic mass is 10.1. The third-order valence-corrected chi connectivity index (χ3v) is 5.25. The van der Waals surface area contributed by atoms with E-state index in [1.807, 2.05) is 0 Å². The first-order chi connectivity index (χ1) is 15.3. The van der Waals surface area contributed by atoms with Crippen LogP contribution in [0.1, 0.15) is 31.1 Å². The Morgan fingerprint density at radius 1 is 1.06 bits per heavy atom. The molecule has 1 aromatic heterocycles. The van der Waals surface area contributed by atoms with Crippen LogP contribution in [0.2, 0.25) is 0 Å². The van der Waals surface area contributed by atoms with Gasteiger partial charge < -0.3 is 5.32 Å². The fraction of sp³-hybridized carbons (Fsp3) is 0.0500. The van der Waals surface area contributed by atoms with Crippen LogP contribution in [-0.2, 0) is 4.79 Å². The maximum absolute atomic E-state index is 12.6. The maximum atomic E-state index is 12.6. The molecule has 0 radical (unpaired) electrons. The number of aromatic nitrogens is 1. The van der Waals surface area contributed by atoms with Crippen molar-refractivity contribution < 1.29 is 24.1 Å². The number of imide groups is 1. The molecule has 11 nitrogen and oxygen atoms in total. The van der Waals surface area contributed by atoms with Crippen molar-refractivity contribution in [3.05, 3.63) is 80.8 Å². The van der Waals surface area contributed by atoms with Crippen molar-refractivity contribution in [2.24, 2.45) is 0 Å². The van der Waals surface area contributed by atoms with E-state index in [0.29, 0.717) is 10.0 Å². The molecular weight excluding hydrogens is 438 g/mol. The number of hydrogen-bond acceptors (Lipinski definition) is 8. The first kappa shape index (κ1) is 20.8. The molecule has 32 heavy (non-hydrogen) atoms. The SMILES string of the molecule is O=C(CN1C(=O)c2ccc([N+](=O)[O-])cc2C1=O)Nc1ccccc1C(=O)Nc1nccs1. The summed E-state index contributed by atoms with van der Waals surface area (Å²) in [7, 11) is 0. The molecule has 3 aromatic rings. The fourth-order valence-electron chi connectivity index (χ4n) is 3.11. The van der Waals surface area contributed by atoms with Crippen molar-refractivity contribution >= 4 is 51.5 Å². The largest absolute Gasteiger partial charge is 0.324 e. The summed E-state index contributed by atoms with van der Waals surface area (Å²) < 4.78 is 0. The monoisotopic (exact) mass is 451 g/mol. The van der Waals surface area contributed by atoms with E-state index >= 15 is 0 Å². The molecule has 2 N–H and O–H groups in total. The Bertz CT molecular complexity index is 1270. The highest BCUT2D eigenvalue weighted by Gasteiger charge is 2.37. The normalized spacial score (nSPS) is 12.4. The number of nitro benzene ring substituents is 1. The van der Waals surface area contributed by atoms with E-state index in [1.54, 1.807) is 17.5 Å². The van der Waals surface area contributed by atoms with Crippen LogP contribution in [0.4, 0.5) is 16.5 Å². The first-order valence-corrected chi connectivity index (χ1v) is 9.97. The van der Waals surface area contributed by atoms with Gasteiger partial charge >= 0.3 is 0 Å². The number of hydrogen-bond donors (Lipinski definition) is 2. The summed E-state index contributed by atoms with van der Waals surface area (Å²) in [5.74, 6) is -2.75. The minimum absolute atomic E-state index is 0.0170. The molecule has 0 saturated carbocycles. The predicted molar refractivity (Wildman–Crippen MR) is 114 cm³/mol. The number of thiazole rings is 1. The second kappa shape index (κ2) is 8.35. The van der Waals surface area contributed by atoms with Crippen LogP contribution in [0.5, 0.6) is 0 Å². The van der Waals surface area contributed by atoms with Crippen molar-refractivity contribution in [3.8, 4) is 0 Å². The highest BCUT2D eigenvalue weighted by Crippen LogP contribution is 2.27. The number of carbonyl (C=O) groups is 4. The molecule has 160 valence electrons. The minimum Gasteiger partial charge on any atom is -0.324 e. The van der Waals surface area contributed by atoms with Gasteiger partial charge in [0.2, 0.25) is 5.91 Å². The van der Waals surface area contributed by atoms with Crippen LogP contribution in [0, 0.1) is 10.1 Å². The summed E-state index contributed by atoms with van der Waals surface area (Å²) in [6.07, 6.45) is 1.53. The summed E-state index contributed by atoms with van der Waals surface area (Å²) in [5, 5.41) is 18.1. The zero-order chi connectivity index (χ0) is 22.8. The van der Waals surface area contributed by atoms with Gasteiger partial charge in [-0.1, -0.05) is 12.1 Å². The fourth-order valence-corrected chi connectivity index (χ4v) is 3.63. The van der Waals surface area contributed by atoms with Gasteiger partial charge in [-0.25, -0.2) is 4.98 Å². The number of nitro groups is 1. The number of benzene rings is 2. The summed E-state index contributed by atoms with van der Waals surface area (Å²) in [4.78, 5) is 65.1. The third kappa shape index (κ3) is 3.94. The van der Waals surface area contributed by atoms with Gasteiger partial charge in [0, 0.05) is 23.7 Å². The molecule has 1 aliphatic rings. The Morgan fingerprint density at radius 2 is 1.81 bits per heavy atom. The van der Waals surface area contributed by atoms with E-state index in [9.17, 15) is 29.3 Å². The van der Waals surface area contributed by atoms with Gasteiger partial charge in [-0.15, -0.1) is 11.3 Å². The number of amides is 4. The lowest BCUT2D eigenvalue weighted by Gasteiger charge is -2.15. The number of rotatable bonds is 6. The maximum Gasteiger partial charge on any atom is 0.270 e. The van der Waals surface area contributed by atoms with Gasteiger partial charge in [0.15, 0.2) is 5.13 Å². The molecule has 2 heterocycles. The topological polar surface area (TPSA) is 152 Å². The molecule has 0 saturated heterocycles. The van der Waals surface area contributed by atoms with Crippen LogP contribution in [0.15, 0.2) is 54.0 Å². The second-order valence-electron chi connectivity index (χ2n) is 6.57. The Balaban J connectivity index is 1.49. The van der Waals surface area contributed by atoms with Gasteiger partial charge in [-0.3, -0.25) is 39.5 Å². The summed E-state index contributed by atoms with van der Waals surface area (Å²) in [6, 6.07) is 9.53. The standard InChI is InChI=1S/C20H13N5O6S/c26-16(10-24-18(28)12-6-5-11(25(30)31)9-14(12)19(24)29)22-15-4-2-1-3-13(15)17(27)23-20-21-7-8-32-20/h1-9H,10H2,(H,22,26)(H,21,23,27). The summed E-state index contributed by atoms with van der Waals surface area (Å²) in [6.45, 7) is -0.622. The van der Waals surface area contributed by atoms with Crippen LogP contribution in [-0.4, -0.2) is 45.0 Å². The Morgan fingerprint density at radius 3 is 2.53 bits per heavy atom. The van der Waals surface area contributed by atoms with E-state index in [1.165, 1.54) is 35.7 Å². The number of nitrogens with zero attached hydrogens (tertiary/aromatic N) is 3. The lowest BCUT2D eigenvalue weighted by Crippen LogP contribution is -2.37. The molecule has 12 heteroatoms. The van der Waals surface area contributed by atoms with Crippen molar-refractivity contribution in [3.63, 3.8) is 0 Å². The van der Waals surface area contributed by atoms with Crippen LogP contribution >= 0.6 is 11.3 Å². The van der Waals surface area contributed by atoms with Crippen LogP contribution < -0.4 is 10.6 Å². The molecule has 0 fully saturated rings. The number of anilines is 2. The Hall–Kier alpha value is -4.45. The molecule has 1 aliphatic heterocycles. The molecule has 0 aliphatic carbocycles. The van der Waals surface area contributed by atoms with E-state index in [0.717, 1.165) is 12.1 Å². The third-order valence-electron chi connectivity index (χ3n) is 4.57. The van der Waals surface area contributed by atoms with E-state index < -0.39 is 35.1 Å². The van der Waals surface area contributed by atoms with Crippen molar-refractivity contribution in [2.45, 2.75) is 0 Å². The molecule has 2 aromatic carbocycles. The van der Waals surface area contributed by atoms with Gasteiger partial charge in [0.25, 0.3) is 23.4 Å². The van der Waals surface area contributed by atoms with Gasteiger partial charge in [0.05, 0.1) is 27.3 Å². The summed E-state index contributed by atoms with van der Waals surface area (Å²) >= 11 is 1.23. The molecular formula is C20H13N5O6S. The zero-order valence-electron chi connectivity index (χ0n) is 16.1. The average molecular weight is 451 g/mol. The number of fused-ring (bicyclic) bond motifs is 1. The first-order valence-electron chi connectivity index (χ1n) is 9.09. The highest BCUT2D eigenvalue weighted by atomic mass is 32.1. The number of para-hydroxylation sites is 1. The van der Waals surface area contributed by atoms with Gasteiger partial charge in [-0.2, -0.15) is 0 Å². The van der Waals surface area contributed by atoms with E-state index in [4.69, 9.17) is 0 Å². The predicted octanol–water partition coefficient (Wildman–Crippen LogP) is 2.54. The number of non-ortho nitro benzene ring substituents is 1. The zero-order valence-corrected chi connectivity index (χ0v) is 16.9. The minimum atomic E-state index is -0.807.